The molecule has 4 N–H and O–H groups in total. The Morgan fingerprint density at radius 1 is 1.08 bits per heavy atom. The number of nitrogens with one attached hydrogen (secondary N) is 4. The summed E-state index contributed by atoms with van der Waals surface area (Å²) in [6.45, 7) is 8.05. The van der Waals surface area contributed by atoms with Gasteiger partial charge in [-0.2, -0.15) is 9.97 Å². The molecule has 2 aliphatic heterocycles. The molecule has 0 unspecified atom stereocenters. The third-order valence-corrected chi connectivity index (χ3v) is 8.08. The third-order valence-electron chi connectivity index (χ3n) is 6.59. The summed E-state index contributed by atoms with van der Waals surface area (Å²) in [5.74, 6) is 2.46. The molecule has 0 aliphatic carbocycles. The highest BCUT2D eigenvalue weighted by atomic mass is 32.2. The summed E-state index contributed by atoms with van der Waals surface area (Å²) in [6, 6.07) is 12.8. The summed E-state index contributed by atoms with van der Waals surface area (Å²) >= 11 is 0. The molecule has 11 nitrogen and oxygen atoms in total. The molecule has 208 valence electrons. The van der Waals surface area contributed by atoms with Gasteiger partial charge in [0.25, 0.3) is 0 Å². The van der Waals surface area contributed by atoms with Crippen LogP contribution in [0.3, 0.4) is 0 Å². The Balaban J connectivity index is 1.43. The van der Waals surface area contributed by atoms with Crippen LogP contribution in [0, 0.1) is 5.92 Å². The molecular formula is C27H35N7O4S. The quantitative estimate of drug-likeness (QED) is 0.295. The minimum atomic E-state index is -3.72. The maximum atomic E-state index is 13.1. The van der Waals surface area contributed by atoms with E-state index in [1.807, 2.05) is 32.0 Å². The van der Waals surface area contributed by atoms with Gasteiger partial charge in [0.05, 0.1) is 31.7 Å². The van der Waals surface area contributed by atoms with Crippen molar-refractivity contribution in [2.75, 3.05) is 67.4 Å². The van der Waals surface area contributed by atoms with Crippen LogP contribution in [0.25, 0.3) is 0 Å². The predicted octanol–water partition coefficient (Wildman–Crippen LogP) is 3.71. The summed E-state index contributed by atoms with van der Waals surface area (Å²) in [5.41, 5.74) is 3.13. The highest BCUT2D eigenvalue weighted by Gasteiger charge is 2.23. The van der Waals surface area contributed by atoms with Gasteiger partial charge in [-0.15, -0.1) is 0 Å². The number of ether oxygens (including phenoxy) is 2. The predicted molar refractivity (Wildman–Crippen MR) is 153 cm³/mol. The number of benzene rings is 2. The third kappa shape index (κ3) is 6.18. The van der Waals surface area contributed by atoms with E-state index in [0.29, 0.717) is 48.8 Å². The zero-order valence-electron chi connectivity index (χ0n) is 22.5. The number of rotatable bonds is 10. The average molecular weight is 554 g/mol. The molecule has 3 heterocycles. The van der Waals surface area contributed by atoms with E-state index in [0.717, 1.165) is 43.0 Å². The fraction of sp³-hybridized carbons (Fsp3) is 0.407. The first-order valence-corrected chi connectivity index (χ1v) is 14.6. The number of hydrogen-bond acceptors (Lipinski definition) is 10. The molecule has 0 spiro atoms. The highest BCUT2D eigenvalue weighted by Crippen LogP contribution is 2.35. The molecule has 0 saturated carbocycles. The number of nitrogens with zero attached hydrogens (tertiary/aromatic N) is 3. The van der Waals surface area contributed by atoms with Gasteiger partial charge in [0.15, 0.2) is 0 Å². The molecule has 0 atom stereocenters. The van der Waals surface area contributed by atoms with Crippen molar-refractivity contribution in [2.45, 2.75) is 25.2 Å². The topological polar surface area (TPSA) is 130 Å². The van der Waals surface area contributed by atoms with Crippen LogP contribution in [0.5, 0.6) is 5.75 Å². The van der Waals surface area contributed by atoms with Crippen LogP contribution >= 0.6 is 0 Å². The Morgan fingerprint density at radius 2 is 1.87 bits per heavy atom. The molecule has 12 heteroatoms. The maximum Gasteiger partial charge on any atom is 0.242 e. The number of fused-ring (bicyclic) bond motifs is 1. The zero-order valence-corrected chi connectivity index (χ0v) is 23.3. The molecule has 2 aromatic carbocycles. The number of anilines is 6. The minimum Gasteiger partial charge on any atom is -0.494 e. The summed E-state index contributed by atoms with van der Waals surface area (Å²) in [5, 5.41) is 9.86. The largest absolute Gasteiger partial charge is 0.494 e. The first-order valence-electron chi connectivity index (χ1n) is 13.1. The number of aromatic nitrogens is 2. The zero-order chi connectivity index (χ0) is 27.4. The van der Waals surface area contributed by atoms with Crippen LogP contribution in [-0.2, 0) is 21.2 Å². The van der Waals surface area contributed by atoms with Crippen molar-refractivity contribution >= 4 is 44.7 Å². The lowest BCUT2D eigenvalue weighted by Gasteiger charge is -2.29. The van der Waals surface area contributed by atoms with E-state index < -0.39 is 10.0 Å². The molecular weight excluding hydrogens is 518 g/mol. The van der Waals surface area contributed by atoms with Gasteiger partial charge in [0.2, 0.25) is 16.0 Å². The Bertz CT molecular complexity index is 1430. The summed E-state index contributed by atoms with van der Waals surface area (Å²) in [7, 11) is -2.09. The smallest absolute Gasteiger partial charge is 0.242 e. The monoisotopic (exact) mass is 553 g/mol. The SMILES string of the molecule is COc1cc(N2CCOCC2)ccc1Nc1nc2c(c(Nc3ccccc3S(=O)(=O)NCC(C)C)n1)CCN2. The van der Waals surface area contributed by atoms with Gasteiger partial charge in [0.1, 0.15) is 22.3 Å². The summed E-state index contributed by atoms with van der Waals surface area (Å²) < 4.78 is 40.0. The molecule has 0 amide bonds. The number of morpholine rings is 1. The Kier molecular flexibility index (Phi) is 8.05. The minimum absolute atomic E-state index is 0.166. The summed E-state index contributed by atoms with van der Waals surface area (Å²) in [6.07, 6.45) is 0.718. The Hall–Kier alpha value is -3.61. The fourth-order valence-electron chi connectivity index (χ4n) is 4.54. The molecule has 3 aromatic rings. The van der Waals surface area contributed by atoms with Gasteiger partial charge < -0.3 is 30.3 Å². The second-order valence-electron chi connectivity index (χ2n) is 9.88. The van der Waals surface area contributed by atoms with Gasteiger partial charge in [-0.05, 0) is 36.6 Å². The van der Waals surface area contributed by atoms with Crippen molar-refractivity contribution in [3.63, 3.8) is 0 Å². The van der Waals surface area contributed by atoms with Gasteiger partial charge >= 0.3 is 0 Å². The molecule has 1 aromatic heterocycles. The van der Waals surface area contributed by atoms with E-state index in [2.05, 4.69) is 30.6 Å². The number of sulfonamides is 1. The average Bonchev–Trinajstić information content (AvgIpc) is 3.42. The van der Waals surface area contributed by atoms with Crippen LogP contribution in [-0.4, -0.2) is 64.9 Å². The lowest BCUT2D eigenvalue weighted by molar-refractivity contribution is 0.122. The lowest BCUT2D eigenvalue weighted by Crippen LogP contribution is -2.36. The highest BCUT2D eigenvalue weighted by molar-refractivity contribution is 7.89. The Morgan fingerprint density at radius 3 is 2.64 bits per heavy atom. The van der Waals surface area contributed by atoms with Crippen molar-refractivity contribution in [3.8, 4) is 5.75 Å². The van der Waals surface area contributed by atoms with E-state index in [9.17, 15) is 8.42 Å². The van der Waals surface area contributed by atoms with E-state index in [1.54, 1.807) is 31.4 Å². The second kappa shape index (κ2) is 11.6. The molecule has 0 bridgehead atoms. The molecule has 5 rings (SSSR count). The van der Waals surface area contributed by atoms with Gasteiger partial charge in [-0.1, -0.05) is 26.0 Å². The fourth-order valence-corrected chi connectivity index (χ4v) is 5.91. The molecule has 1 saturated heterocycles. The lowest BCUT2D eigenvalue weighted by atomic mass is 10.2. The standard InChI is InChI=1S/C27H35N7O4S/c1-18(2)17-29-39(35,36)24-7-5-4-6-22(24)30-26-20-10-11-28-25(20)32-27(33-26)31-21-9-8-19(16-23(21)37-3)34-12-14-38-15-13-34/h4-9,16,18,29H,10-15,17H2,1-3H3,(H3,28,30,31,32,33). The molecule has 0 radical (unpaired) electrons. The molecule has 39 heavy (non-hydrogen) atoms. The summed E-state index contributed by atoms with van der Waals surface area (Å²) in [4.78, 5) is 11.8. The van der Waals surface area contributed by atoms with Crippen LogP contribution in [0.15, 0.2) is 47.4 Å². The molecule has 1 fully saturated rings. The van der Waals surface area contributed by atoms with Crippen molar-refractivity contribution in [3.05, 3.63) is 48.0 Å². The van der Waals surface area contributed by atoms with Crippen molar-refractivity contribution in [2.24, 2.45) is 5.92 Å². The van der Waals surface area contributed by atoms with E-state index in [1.165, 1.54) is 0 Å². The number of methoxy groups -OCH3 is 1. The number of hydrogen-bond donors (Lipinski definition) is 4. The van der Waals surface area contributed by atoms with Crippen LogP contribution in [0.1, 0.15) is 19.4 Å². The van der Waals surface area contributed by atoms with Crippen LogP contribution in [0.2, 0.25) is 0 Å². The molecule has 2 aliphatic rings. The second-order valence-corrected chi connectivity index (χ2v) is 11.6. The van der Waals surface area contributed by atoms with E-state index in [4.69, 9.17) is 14.5 Å². The number of para-hydroxylation sites is 1. The normalized spacial score (nSPS) is 15.1. The Labute approximate surface area is 229 Å². The van der Waals surface area contributed by atoms with Crippen molar-refractivity contribution in [1.29, 1.82) is 0 Å². The van der Waals surface area contributed by atoms with E-state index in [-0.39, 0.29) is 10.8 Å². The van der Waals surface area contributed by atoms with Gasteiger partial charge in [-0.3, -0.25) is 0 Å². The van der Waals surface area contributed by atoms with Crippen LogP contribution < -0.4 is 30.3 Å². The first kappa shape index (κ1) is 27.0. The maximum absolute atomic E-state index is 13.1. The van der Waals surface area contributed by atoms with Gasteiger partial charge in [0, 0.05) is 43.5 Å². The van der Waals surface area contributed by atoms with E-state index >= 15 is 0 Å². The van der Waals surface area contributed by atoms with Gasteiger partial charge in [-0.25, -0.2) is 13.1 Å². The van der Waals surface area contributed by atoms with Crippen molar-refractivity contribution in [1.82, 2.24) is 14.7 Å². The van der Waals surface area contributed by atoms with Crippen molar-refractivity contribution < 1.29 is 17.9 Å². The first-order chi connectivity index (χ1) is 18.8. The van der Waals surface area contributed by atoms with Crippen LogP contribution in [0.4, 0.5) is 34.6 Å².